The van der Waals surface area contributed by atoms with Crippen LogP contribution in [0, 0.1) is 0 Å². The molecule has 1 atom stereocenters. The lowest BCUT2D eigenvalue weighted by molar-refractivity contribution is 0.0484. The third kappa shape index (κ3) is 1.61. The Morgan fingerprint density at radius 2 is 2.00 bits per heavy atom. The van der Waals surface area contributed by atoms with Gasteiger partial charge in [0.2, 0.25) is 0 Å². The highest BCUT2D eigenvalue weighted by Gasteiger charge is 2.33. The smallest absolute Gasteiger partial charge is 0.184 e. The molecule has 3 N–H and O–H groups in total. The molecular formula is C10H11ClN2O. The Morgan fingerprint density at radius 3 is 2.50 bits per heavy atom. The maximum absolute atomic E-state index is 10.1. The maximum Gasteiger partial charge on any atom is 0.184 e. The summed E-state index contributed by atoms with van der Waals surface area (Å²) in [6.07, 6.45) is 1.18. The number of aliphatic hydroxyl groups is 1. The van der Waals surface area contributed by atoms with Crippen LogP contribution >= 0.6 is 11.6 Å². The van der Waals surface area contributed by atoms with E-state index in [0.717, 1.165) is 5.56 Å². The summed E-state index contributed by atoms with van der Waals surface area (Å²) >= 11 is 5.75. The topological polar surface area (TPSA) is 58.6 Å². The Bertz CT molecular complexity index is 374. The van der Waals surface area contributed by atoms with E-state index in [-0.39, 0.29) is 0 Å². The van der Waals surface area contributed by atoms with Gasteiger partial charge in [0.05, 0.1) is 5.84 Å². The molecule has 0 aromatic heterocycles. The Morgan fingerprint density at radius 1 is 1.36 bits per heavy atom. The Balaban J connectivity index is 2.35. The minimum absolute atomic E-state index is 0.502. The second kappa shape index (κ2) is 3.26. The number of aliphatic imine (C=N–C) groups is 1. The van der Waals surface area contributed by atoms with Gasteiger partial charge < -0.3 is 10.8 Å². The van der Waals surface area contributed by atoms with Crippen molar-refractivity contribution in [3.63, 3.8) is 0 Å². The van der Waals surface area contributed by atoms with Crippen LogP contribution in [0.5, 0.6) is 0 Å². The van der Waals surface area contributed by atoms with Crippen molar-refractivity contribution in [1.29, 1.82) is 0 Å². The van der Waals surface area contributed by atoms with E-state index in [4.69, 9.17) is 17.3 Å². The second-order valence-electron chi connectivity index (χ2n) is 3.43. The normalized spacial score (nSPS) is 26.3. The van der Waals surface area contributed by atoms with Crippen LogP contribution in [0.2, 0.25) is 5.02 Å². The number of nitrogens with two attached hydrogens (primary N) is 1. The van der Waals surface area contributed by atoms with Crippen molar-refractivity contribution >= 4 is 17.4 Å². The molecule has 2 rings (SSSR count). The lowest BCUT2D eigenvalue weighted by atomic mass is 10.0. The van der Waals surface area contributed by atoms with Crippen LogP contribution < -0.4 is 5.73 Å². The van der Waals surface area contributed by atoms with Crippen LogP contribution in [0.15, 0.2) is 29.3 Å². The van der Waals surface area contributed by atoms with E-state index in [0.29, 0.717) is 23.7 Å². The lowest BCUT2D eigenvalue weighted by Gasteiger charge is -2.18. The molecule has 0 radical (unpaired) electrons. The second-order valence-corrected chi connectivity index (χ2v) is 3.86. The van der Waals surface area contributed by atoms with E-state index >= 15 is 0 Å². The number of hydrogen-bond donors (Lipinski definition) is 2. The first-order valence-corrected chi connectivity index (χ1v) is 4.80. The van der Waals surface area contributed by atoms with E-state index in [9.17, 15) is 5.11 Å². The van der Waals surface area contributed by atoms with E-state index in [1.165, 1.54) is 0 Å². The summed E-state index contributed by atoms with van der Waals surface area (Å²) in [6, 6.07) is 7.01. The summed E-state index contributed by atoms with van der Waals surface area (Å²) in [6.45, 7) is 0. The predicted octanol–water partition coefficient (Wildman–Crippen LogP) is 1.64. The quantitative estimate of drug-likeness (QED) is 0.740. The van der Waals surface area contributed by atoms with Crippen molar-refractivity contribution in [2.75, 3.05) is 0 Å². The standard InChI is InChI=1S/C10H11ClN2O/c11-8-3-1-7(2-4-8)10(14)6-5-9(12)13-10/h1-4,14H,5-6H2,(H2,12,13). The van der Waals surface area contributed by atoms with Crippen molar-refractivity contribution in [3.8, 4) is 0 Å². The molecule has 0 amide bonds. The SMILES string of the molecule is NC1=NC(O)(c2ccc(Cl)cc2)CC1. The van der Waals surface area contributed by atoms with Gasteiger partial charge in [-0.05, 0) is 12.1 Å². The van der Waals surface area contributed by atoms with Crippen molar-refractivity contribution in [2.24, 2.45) is 10.7 Å². The van der Waals surface area contributed by atoms with Crippen molar-refractivity contribution in [3.05, 3.63) is 34.9 Å². The minimum Gasteiger partial charge on any atom is -0.387 e. The molecule has 4 heteroatoms. The molecule has 14 heavy (non-hydrogen) atoms. The Labute approximate surface area is 87.2 Å². The molecule has 74 valence electrons. The van der Waals surface area contributed by atoms with E-state index in [2.05, 4.69) is 4.99 Å². The molecule has 0 fully saturated rings. The first-order valence-electron chi connectivity index (χ1n) is 4.43. The van der Waals surface area contributed by atoms with E-state index in [1.807, 2.05) is 0 Å². The van der Waals surface area contributed by atoms with E-state index < -0.39 is 5.72 Å². The fourth-order valence-corrected chi connectivity index (χ4v) is 1.70. The largest absolute Gasteiger partial charge is 0.387 e. The third-order valence-corrected chi connectivity index (χ3v) is 2.62. The van der Waals surface area contributed by atoms with Gasteiger partial charge in [-0.2, -0.15) is 0 Å². The number of rotatable bonds is 1. The molecule has 3 nitrogen and oxygen atoms in total. The van der Waals surface area contributed by atoms with Gasteiger partial charge in [0.1, 0.15) is 0 Å². The number of amidine groups is 1. The average Bonchev–Trinajstić information content (AvgIpc) is 2.48. The molecular weight excluding hydrogens is 200 g/mol. The number of halogens is 1. The predicted molar refractivity (Wildman–Crippen MR) is 56.2 cm³/mol. The van der Waals surface area contributed by atoms with Gasteiger partial charge in [-0.15, -0.1) is 0 Å². The zero-order valence-electron chi connectivity index (χ0n) is 7.57. The highest BCUT2D eigenvalue weighted by Crippen LogP contribution is 2.33. The molecule has 1 aromatic carbocycles. The molecule has 1 aromatic rings. The van der Waals surface area contributed by atoms with Crippen LogP contribution in [0.3, 0.4) is 0 Å². The summed E-state index contributed by atoms with van der Waals surface area (Å²) in [5, 5.41) is 10.8. The summed E-state index contributed by atoms with van der Waals surface area (Å²) in [5.74, 6) is 0.502. The van der Waals surface area contributed by atoms with Crippen LogP contribution in [0.4, 0.5) is 0 Å². The molecule has 1 heterocycles. The zero-order valence-corrected chi connectivity index (χ0v) is 8.33. The Hall–Kier alpha value is -1.06. The maximum atomic E-state index is 10.1. The van der Waals surface area contributed by atoms with Crippen molar-refractivity contribution in [2.45, 2.75) is 18.6 Å². The van der Waals surface area contributed by atoms with Gasteiger partial charge in [-0.25, -0.2) is 4.99 Å². The van der Waals surface area contributed by atoms with Gasteiger partial charge in [-0.3, -0.25) is 0 Å². The molecule has 0 spiro atoms. The fourth-order valence-electron chi connectivity index (χ4n) is 1.58. The van der Waals surface area contributed by atoms with E-state index in [1.54, 1.807) is 24.3 Å². The number of nitrogens with zero attached hydrogens (tertiary/aromatic N) is 1. The number of benzene rings is 1. The van der Waals surface area contributed by atoms with Crippen LogP contribution in [0.25, 0.3) is 0 Å². The van der Waals surface area contributed by atoms with Gasteiger partial charge in [0, 0.05) is 23.4 Å². The van der Waals surface area contributed by atoms with Crippen LogP contribution in [0.1, 0.15) is 18.4 Å². The fraction of sp³-hybridized carbons (Fsp3) is 0.300. The van der Waals surface area contributed by atoms with Crippen molar-refractivity contribution in [1.82, 2.24) is 0 Å². The minimum atomic E-state index is -1.14. The molecule has 1 aliphatic heterocycles. The summed E-state index contributed by atoms with van der Waals surface area (Å²) < 4.78 is 0. The average molecular weight is 211 g/mol. The first kappa shape index (κ1) is 9.49. The van der Waals surface area contributed by atoms with Crippen molar-refractivity contribution < 1.29 is 5.11 Å². The lowest BCUT2D eigenvalue weighted by Crippen LogP contribution is -2.19. The molecule has 1 unspecified atom stereocenters. The third-order valence-electron chi connectivity index (χ3n) is 2.36. The van der Waals surface area contributed by atoms with Gasteiger partial charge in [-0.1, -0.05) is 23.7 Å². The van der Waals surface area contributed by atoms with Crippen LogP contribution in [-0.4, -0.2) is 10.9 Å². The van der Waals surface area contributed by atoms with Gasteiger partial charge in [0.15, 0.2) is 5.72 Å². The molecule has 0 saturated carbocycles. The molecule has 0 aliphatic carbocycles. The van der Waals surface area contributed by atoms with Gasteiger partial charge in [0.25, 0.3) is 0 Å². The molecule has 0 bridgehead atoms. The highest BCUT2D eigenvalue weighted by atomic mass is 35.5. The number of hydrogen-bond acceptors (Lipinski definition) is 3. The van der Waals surface area contributed by atoms with Gasteiger partial charge >= 0.3 is 0 Å². The molecule has 1 aliphatic rings. The summed E-state index contributed by atoms with van der Waals surface area (Å²) in [4.78, 5) is 4.03. The first-order chi connectivity index (χ1) is 6.60. The summed E-state index contributed by atoms with van der Waals surface area (Å²) in [7, 11) is 0. The monoisotopic (exact) mass is 210 g/mol. The highest BCUT2D eigenvalue weighted by molar-refractivity contribution is 6.30. The zero-order chi connectivity index (χ0) is 10.2. The van der Waals surface area contributed by atoms with Crippen LogP contribution in [-0.2, 0) is 5.72 Å². The molecule has 0 saturated heterocycles. The Kier molecular flexibility index (Phi) is 2.21. The summed E-state index contributed by atoms with van der Waals surface area (Å²) in [5.41, 5.74) is 5.14.